The first kappa shape index (κ1) is 2190. The van der Waals surface area contributed by atoms with Crippen molar-refractivity contribution in [3.8, 4) is 0 Å². The van der Waals surface area contributed by atoms with E-state index < -0.39 is 0 Å². The third-order valence-corrected chi connectivity index (χ3v) is 0. The Balaban J connectivity index is 0. The average Bonchev–Trinajstić information content (AvgIpc) is 0. The van der Waals surface area contributed by atoms with E-state index in [2.05, 4.69) is 0 Å². The zero-order valence-corrected chi connectivity index (χ0v) is 172. The van der Waals surface area contributed by atoms with Gasteiger partial charge in [0.15, 0.2) is 0 Å². The molecule has 0 aliphatic heterocycles. The molecule has 0 aromatic carbocycles. The first-order valence-electron chi connectivity index (χ1n) is 0. The van der Waals surface area contributed by atoms with E-state index in [0.29, 0.717) is 0 Å². The Morgan fingerprint density at radius 2 is 0.0152 bits per heavy atom. The monoisotopic (exact) mass is 6040 g/mol. The maximum absolute atomic E-state index is 0. The van der Waals surface area contributed by atoms with Gasteiger partial charge in [-0.1, -0.05) is 0 Å². The summed E-state index contributed by atoms with van der Waals surface area (Å²) in [6.45, 7) is 0. The van der Waals surface area contributed by atoms with Crippen molar-refractivity contribution in [1.82, 2.24) is 0 Å². The molecule has 0 saturated heterocycles. The minimum absolute atomic E-state index is 0. The van der Waals surface area contributed by atoms with Gasteiger partial charge in [0.2, 0.25) is 0 Å². The summed E-state index contributed by atoms with van der Waals surface area (Å²) in [5.74, 6) is 0. The van der Waals surface area contributed by atoms with Gasteiger partial charge < -0.3 is 794 Å². The standard InChI is InChI=1S/64ClH.68Fe/h64*1H;;;;;;;;;;;;;;;;;;;;;;;;;;;;;;;;;;;;;;;;;;;;;;;;;;;;;;;;;;;;;;;;;;;;/q;;;;;;;;;;;;;;;;;;;;;;;;;;;;;;;;;;;;;;;;;;;;;;;;;;;;;;;;;;;;;;;;68*+3/p-64. The van der Waals surface area contributed by atoms with E-state index in [1.54, 1.807) is 0 Å². The second-order valence-corrected chi connectivity index (χ2v) is 0. The molecule has 132 heteroatoms. The van der Waals surface area contributed by atoms with E-state index in [-0.39, 0.29) is 1950 Å². The van der Waals surface area contributed by atoms with Crippen LogP contribution in [0.5, 0.6) is 0 Å². The van der Waals surface area contributed by atoms with Gasteiger partial charge in [0.25, 0.3) is 0 Å². The van der Waals surface area contributed by atoms with E-state index >= 15 is 0 Å². The van der Waals surface area contributed by atoms with Crippen LogP contribution in [0.15, 0.2) is 0 Å². The molecule has 0 heterocycles. The van der Waals surface area contributed by atoms with Crippen LogP contribution in [0.25, 0.3) is 0 Å². The topological polar surface area (TPSA) is 0 Å². The minimum atomic E-state index is 0. The van der Waals surface area contributed by atoms with Crippen molar-refractivity contribution in [2.45, 2.75) is 0 Å². The zero-order chi connectivity index (χ0) is 0. The second-order valence-electron chi connectivity index (χ2n) is 0. The van der Waals surface area contributed by atoms with Crippen LogP contribution in [-0.4, -0.2) is 0 Å². The smallest absolute Gasteiger partial charge is 1.00 e. The predicted octanol–water partition coefficient (Wildman–Crippen LogP) is -192. The molecule has 68 radical (unpaired) electrons. The fraction of sp³-hybridized carbons (Fsp3) is 0. The summed E-state index contributed by atoms with van der Waals surface area (Å²) in [6, 6.07) is 0. The van der Waals surface area contributed by atoms with Crippen molar-refractivity contribution in [3.63, 3.8) is 0 Å². The molecular formula is Cl64Fe68+140. The van der Waals surface area contributed by atoms with Crippen LogP contribution in [0, 0.1) is 0 Å². The molecule has 852 valence electrons. The summed E-state index contributed by atoms with van der Waals surface area (Å²) in [5, 5.41) is 0. The summed E-state index contributed by atoms with van der Waals surface area (Å²) in [7, 11) is 0. The number of hydrogen-bond acceptors (Lipinski definition) is 0. The van der Waals surface area contributed by atoms with Gasteiger partial charge >= 0.3 is 1160 Å². The van der Waals surface area contributed by atoms with Gasteiger partial charge in [-0.05, 0) is 0 Å². The first-order chi connectivity index (χ1) is 0. The Kier molecular flexibility index (Phi) is 35700. The van der Waals surface area contributed by atoms with Gasteiger partial charge in [-0.3, -0.25) is 0 Å². The maximum atomic E-state index is 0. The SMILES string of the molecule is [Cl-].[Cl-].[Cl-].[Cl-].[Cl-].[Cl-].[Cl-].[Cl-].[Cl-].[Cl-].[Cl-].[Cl-].[Cl-].[Cl-].[Cl-].[Cl-].[Cl-].[Cl-].[Cl-].[Cl-].[Cl-].[Cl-].[Cl-].[Cl-].[Cl-].[Cl-].[Cl-].[Cl-].[Cl-].[Cl-].[Cl-].[Cl-].[Cl-].[Cl-].[Cl-].[Cl-].[Cl-].[Cl-].[Cl-].[Cl-].[Cl-].[Cl-].[Cl-].[Cl-].[Cl-].[Cl-].[Cl-].[Cl-].[Cl-].[Cl-].[Cl-].[Cl-].[Cl-].[Cl-].[Cl-].[Cl-].[Cl-].[Cl-].[Cl-].[Cl-].[Cl-].[Cl-].[Cl-].[Cl-].[Fe+3].[Fe+3].[Fe+3].[Fe+3].[Fe+3].[Fe+3].[Fe+3].[Fe+3].[Fe+3].[Fe+3].[Fe+3].[Fe+3].[Fe+3].[Fe+3].[Fe+3].[Fe+3].[Fe+3].[Fe+3].[Fe+3].[Fe+3].[Fe+3].[Fe+3].[Fe+3].[Fe+3].[Fe+3].[Fe+3].[Fe+3].[Fe+3].[Fe+3].[Fe+3].[Fe+3].[Fe+3].[Fe+3].[Fe+3].[Fe+3].[Fe+3].[Fe+3].[Fe+3].[Fe+3].[Fe+3].[Fe+3].[Fe+3].[Fe+3].[Fe+3].[Fe+3].[Fe+3].[Fe+3].[Fe+3].[Fe+3].[Fe+3].[Fe+3].[Fe+3].[Fe+3].[Fe+3].[Fe+3].[Fe+3].[Fe+3].[Fe+3].[Fe+3].[Fe+3].[Fe+3].[Fe+3].[Fe+3].[Fe+3].[Fe+3].[Fe+3].[Fe+3].[Fe+3]. The largest absolute Gasteiger partial charge is 3.00 e. The first-order valence-corrected chi connectivity index (χ1v) is 0. The molecule has 0 nitrogen and oxygen atoms in total. The summed E-state index contributed by atoms with van der Waals surface area (Å²) in [4.78, 5) is 0. The van der Waals surface area contributed by atoms with Gasteiger partial charge in [0, 0.05) is 0 Å². The normalized spacial score (nSPS) is 0. The molecule has 0 aliphatic carbocycles. The van der Waals surface area contributed by atoms with Crippen molar-refractivity contribution in [2.24, 2.45) is 0 Å². The molecule has 0 unspecified atom stereocenters. The summed E-state index contributed by atoms with van der Waals surface area (Å²) in [6.07, 6.45) is 0. The molecule has 0 rings (SSSR count). The summed E-state index contributed by atoms with van der Waals surface area (Å²) in [5.41, 5.74) is 0. The van der Waals surface area contributed by atoms with Crippen molar-refractivity contribution < 1.29 is 1950 Å². The van der Waals surface area contributed by atoms with Gasteiger partial charge in [0.1, 0.15) is 0 Å². The van der Waals surface area contributed by atoms with Crippen LogP contribution >= 0.6 is 0 Å². The van der Waals surface area contributed by atoms with Crippen molar-refractivity contribution in [2.75, 3.05) is 0 Å². The molecule has 0 saturated carbocycles. The second kappa shape index (κ2) is 2150. The summed E-state index contributed by atoms with van der Waals surface area (Å²) < 4.78 is 0. The Morgan fingerprint density at radius 1 is 0.0152 bits per heavy atom. The minimum Gasteiger partial charge on any atom is -1.00 e. The van der Waals surface area contributed by atoms with E-state index in [1.165, 1.54) is 0 Å². The van der Waals surface area contributed by atoms with E-state index in [1.807, 2.05) is 0 Å². The predicted molar refractivity (Wildman–Crippen MR) is 0 cm³/mol. The molecule has 0 atom stereocenters. The van der Waals surface area contributed by atoms with Crippen LogP contribution in [-0.2, 0) is 1160 Å². The molecule has 0 N–H and O–H groups in total. The number of hydrogen-bond donors (Lipinski definition) is 0. The molecule has 0 fully saturated rings. The third-order valence-electron chi connectivity index (χ3n) is 0. The average molecular weight is 6070 g/mol. The van der Waals surface area contributed by atoms with Gasteiger partial charge in [-0.25, -0.2) is 0 Å². The Bertz CT molecular complexity index is 132. The third kappa shape index (κ3) is 2120. The van der Waals surface area contributed by atoms with Crippen molar-refractivity contribution in [1.29, 1.82) is 0 Å². The van der Waals surface area contributed by atoms with Crippen LogP contribution < -0.4 is 794 Å². The van der Waals surface area contributed by atoms with Gasteiger partial charge in [0.05, 0.1) is 0 Å². The Labute approximate surface area is 1910 Å². The van der Waals surface area contributed by atoms with E-state index in [0.717, 1.165) is 0 Å². The molecule has 0 amide bonds. The van der Waals surface area contributed by atoms with Crippen LogP contribution in [0.4, 0.5) is 0 Å². The zero-order valence-electron chi connectivity index (χ0n) is 48.2. The van der Waals surface area contributed by atoms with Gasteiger partial charge in [-0.15, -0.1) is 0 Å². The Hall–Kier alpha value is 53.9. The quantitative estimate of drug-likeness (QED) is 0.212. The van der Waals surface area contributed by atoms with Crippen LogP contribution in [0.2, 0.25) is 0 Å². The van der Waals surface area contributed by atoms with Crippen LogP contribution in [0.1, 0.15) is 0 Å². The van der Waals surface area contributed by atoms with Crippen molar-refractivity contribution >= 4 is 0 Å². The molecule has 132 heavy (non-hydrogen) atoms. The summed E-state index contributed by atoms with van der Waals surface area (Å²) >= 11 is 0. The molecule has 0 bridgehead atoms. The van der Waals surface area contributed by atoms with Gasteiger partial charge in [-0.2, -0.15) is 0 Å². The molecule has 0 aromatic heterocycles. The number of halogens is 64. The number of rotatable bonds is 0. The maximum Gasteiger partial charge on any atom is 3.00 e. The molecule has 0 aromatic rings. The molecule has 0 spiro atoms. The molecular weight excluding hydrogens is 6070 g/mol. The fourth-order valence-corrected chi connectivity index (χ4v) is 0. The van der Waals surface area contributed by atoms with E-state index in [9.17, 15) is 0 Å². The van der Waals surface area contributed by atoms with E-state index in [4.69, 9.17) is 0 Å². The van der Waals surface area contributed by atoms with Crippen molar-refractivity contribution in [3.05, 3.63) is 0 Å². The van der Waals surface area contributed by atoms with Crippen LogP contribution in [0.3, 0.4) is 0 Å². The fourth-order valence-electron chi connectivity index (χ4n) is 0. The Morgan fingerprint density at radius 3 is 0.0152 bits per heavy atom. The molecule has 0 aliphatic rings.